The average molecular weight is 422 g/mol. The van der Waals surface area contributed by atoms with E-state index < -0.39 is 10.2 Å². The van der Waals surface area contributed by atoms with Crippen molar-refractivity contribution in [1.82, 2.24) is 19.7 Å². The first kappa shape index (κ1) is 19.8. The third-order valence-electron chi connectivity index (χ3n) is 4.74. The molecular formula is C20H18N6O3S. The Balaban J connectivity index is 1.54. The molecule has 152 valence electrons. The van der Waals surface area contributed by atoms with E-state index in [-0.39, 0.29) is 11.6 Å². The van der Waals surface area contributed by atoms with Gasteiger partial charge in [0.2, 0.25) is 11.1 Å². The largest absolute Gasteiger partial charge is 0.327 e. The SMILES string of the molecule is CCC(Sc1nnc2c3ccccc3n(C)c2n1)C(=O)Nc1ccc([N+](=O)[O-])cc1. The van der Waals surface area contributed by atoms with Crippen LogP contribution in [0.4, 0.5) is 11.4 Å². The minimum absolute atomic E-state index is 0.0304. The lowest BCUT2D eigenvalue weighted by Crippen LogP contribution is -2.24. The van der Waals surface area contributed by atoms with Gasteiger partial charge in [-0.05, 0) is 24.6 Å². The van der Waals surface area contributed by atoms with Gasteiger partial charge < -0.3 is 9.88 Å². The first-order valence-electron chi connectivity index (χ1n) is 9.27. The molecule has 1 unspecified atom stereocenters. The quantitative estimate of drug-likeness (QED) is 0.284. The molecule has 0 saturated heterocycles. The summed E-state index contributed by atoms with van der Waals surface area (Å²) in [6.07, 6.45) is 0.556. The second kappa shape index (κ2) is 8.07. The maximum Gasteiger partial charge on any atom is 0.269 e. The Labute approximate surface area is 175 Å². The van der Waals surface area contributed by atoms with Crippen LogP contribution in [-0.2, 0) is 11.8 Å². The molecule has 0 radical (unpaired) electrons. The van der Waals surface area contributed by atoms with Gasteiger partial charge in [-0.15, -0.1) is 10.2 Å². The zero-order valence-electron chi connectivity index (χ0n) is 16.3. The lowest BCUT2D eigenvalue weighted by molar-refractivity contribution is -0.384. The number of thioether (sulfide) groups is 1. The molecule has 0 aliphatic heterocycles. The van der Waals surface area contributed by atoms with Crippen LogP contribution in [0.15, 0.2) is 53.7 Å². The van der Waals surface area contributed by atoms with Crippen molar-refractivity contribution in [3.05, 3.63) is 58.6 Å². The number of rotatable bonds is 6. The van der Waals surface area contributed by atoms with Crippen molar-refractivity contribution in [2.45, 2.75) is 23.8 Å². The molecule has 0 aliphatic rings. The van der Waals surface area contributed by atoms with Gasteiger partial charge in [-0.2, -0.15) is 0 Å². The molecule has 1 amide bonds. The molecule has 2 aromatic carbocycles. The molecule has 10 heteroatoms. The summed E-state index contributed by atoms with van der Waals surface area (Å²) in [5.74, 6) is -0.225. The number of hydrogen-bond donors (Lipinski definition) is 1. The van der Waals surface area contributed by atoms with Gasteiger partial charge in [0.15, 0.2) is 5.65 Å². The summed E-state index contributed by atoms with van der Waals surface area (Å²) < 4.78 is 1.96. The fourth-order valence-corrected chi connectivity index (χ4v) is 3.99. The lowest BCUT2D eigenvalue weighted by atomic mass is 10.2. The summed E-state index contributed by atoms with van der Waals surface area (Å²) in [6.45, 7) is 1.90. The Morgan fingerprint density at radius 1 is 1.20 bits per heavy atom. The van der Waals surface area contributed by atoms with Gasteiger partial charge in [0, 0.05) is 30.3 Å². The Kier molecular flexibility index (Phi) is 5.32. The van der Waals surface area contributed by atoms with Crippen molar-refractivity contribution in [2.75, 3.05) is 5.32 Å². The number of fused-ring (bicyclic) bond motifs is 3. The van der Waals surface area contributed by atoms with Crippen LogP contribution < -0.4 is 5.32 Å². The molecule has 4 aromatic rings. The Bertz CT molecular complexity index is 1250. The first-order chi connectivity index (χ1) is 14.5. The van der Waals surface area contributed by atoms with Crippen LogP contribution in [0.25, 0.3) is 22.1 Å². The summed E-state index contributed by atoms with van der Waals surface area (Å²) in [4.78, 5) is 27.6. The van der Waals surface area contributed by atoms with E-state index in [4.69, 9.17) is 0 Å². The number of anilines is 1. The normalized spacial score (nSPS) is 12.2. The smallest absolute Gasteiger partial charge is 0.269 e. The molecule has 0 aliphatic carbocycles. The van der Waals surface area contributed by atoms with E-state index in [1.807, 2.05) is 42.8 Å². The highest BCUT2D eigenvalue weighted by Gasteiger charge is 2.21. The van der Waals surface area contributed by atoms with E-state index in [1.54, 1.807) is 0 Å². The molecule has 9 nitrogen and oxygen atoms in total. The van der Waals surface area contributed by atoms with Crippen molar-refractivity contribution in [3.8, 4) is 0 Å². The molecule has 0 bridgehead atoms. The van der Waals surface area contributed by atoms with Gasteiger partial charge in [0.1, 0.15) is 5.52 Å². The van der Waals surface area contributed by atoms with Gasteiger partial charge in [0.25, 0.3) is 5.69 Å². The number of amides is 1. The van der Waals surface area contributed by atoms with Gasteiger partial charge in [0.05, 0.1) is 15.7 Å². The van der Waals surface area contributed by atoms with Crippen LogP contribution in [-0.4, -0.2) is 35.8 Å². The van der Waals surface area contributed by atoms with E-state index in [0.717, 1.165) is 16.4 Å². The van der Waals surface area contributed by atoms with Crippen LogP contribution in [0.3, 0.4) is 0 Å². The molecule has 1 N–H and O–H groups in total. The van der Waals surface area contributed by atoms with E-state index in [0.29, 0.717) is 22.9 Å². The number of non-ortho nitro benzene ring substituents is 1. The van der Waals surface area contributed by atoms with Gasteiger partial charge in [-0.1, -0.05) is 36.9 Å². The molecule has 1 atom stereocenters. The van der Waals surface area contributed by atoms with Gasteiger partial charge >= 0.3 is 0 Å². The topological polar surface area (TPSA) is 116 Å². The van der Waals surface area contributed by atoms with Crippen molar-refractivity contribution in [3.63, 3.8) is 0 Å². The fourth-order valence-electron chi connectivity index (χ4n) is 3.18. The Hall–Kier alpha value is -3.53. The number of aromatic nitrogens is 4. The highest BCUT2D eigenvalue weighted by molar-refractivity contribution is 8.00. The second-order valence-corrected chi connectivity index (χ2v) is 7.82. The molecule has 4 rings (SSSR count). The standard InChI is InChI=1S/C20H18N6O3S/c1-3-16(19(27)21-12-8-10-13(11-9-12)26(28)29)30-20-22-18-17(23-24-20)14-6-4-5-7-15(14)25(18)2/h4-11,16H,3H2,1-2H3,(H,21,27). The monoisotopic (exact) mass is 422 g/mol. The first-order valence-corrected chi connectivity index (χ1v) is 10.2. The number of nitrogens with zero attached hydrogens (tertiary/aromatic N) is 5. The molecule has 0 fully saturated rings. The molecule has 2 aromatic heterocycles. The zero-order valence-corrected chi connectivity index (χ0v) is 17.1. The minimum atomic E-state index is -0.482. The third-order valence-corrected chi connectivity index (χ3v) is 5.96. The summed E-state index contributed by atoms with van der Waals surface area (Å²) >= 11 is 1.24. The van der Waals surface area contributed by atoms with E-state index >= 15 is 0 Å². The number of nitrogens with one attached hydrogen (secondary N) is 1. The number of nitro benzene ring substituents is 1. The van der Waals surface area contributed by atoms with E-state index in [2.05, 4.69) is 20.5 Å². The number of carbonyl (C=O) groups excluding carboxylic acids is 1. The van der Waals surface area contributed by atoms with Crippen molar-refractivity contribution in [1.29, 1.82) is 0 Å². The van der Waals surface area contributed by atoms with Crippen LogP contribution in [0, 0.1) is 10.1 Å². The third kappa shape index (κ3) is 3.69. The molecular weight excluding hydrogens is 404 g/mol. The number of hydrogen-bond acceptors (Lipinski definition) is 7. The molecule has 0 spiro atoms. The number of nitro groups is 1. The number of carbonyl (C=O) groups is 1. The van der Waals surface area contributed by atoms with Gasteiger partial charge in [-0.25, -0.2) is 4.98 Å². The van der Waals surface area contributed by atoms with E-state index in [1.165, 1.54) is 36.0 Å². The number of benzene rings is 2. The summed E-state index contributed by atoms with van der Waals surface area (Å²) in [6, 6.07) is 13.6. The fraction of sp³-hybridized carbons (Fsp3) is 0.200. The number of para-hydroxylation sites is 1. The maximum absolute atomic E-state index is 12.7. The summed E-state index contributed by atoms with van der Waals surface area (Å²) in [5.41, 5.74) is 2.91. The molecule has 30 heavy (non-hydrogen) atoms. The lowest BCUT2D eigenvalue weighted by Gasteiger charge is -2.13. The molecule has 2 heterocycles. The van der Waals surface area contributed by atoms with Gasteiger partial charge in [-0.3, -0.25) is 14.9 Å². The number of aryl methyl sites for hydroxylation is 1. The Morgan fingerprint density at radius 2 is 1.93 bits per heavy atom. The van der Waals surface area contributed by atoms with Crippen LogP contribution in [0.5, 0.6) is 0 Å². The van der Waals surface area contributed by atoms with Crippen LogP contribution in [0.2, 0.25) is 0 Å². The maximum atomic E-state index is 12.7. The zero-order chi connectivity index (χ0) is 21.3. The second-order valence-electron chi connectivity index (χ2n) is 6.65. The average Bonchev–Trinajstić information content (AvgIpc) is 3.04. The van der Waals surface area contributed by atoms with Crippen molar-refractivity contribution in [2.24, 2.45) is 7.05 Å². The van der Waals surface area contributed by atoms with E-state index in [9.17, 15) is 14.9 Å². The summed E-state index contributed by atoms with van der Waals surface area (Å²) in [5, 5.41) is 23.1. The summed E-state index contributed by atoms with van der Waals surface area (Å²) in [7, 11) is 1.92. The van der Waals surface area contributed by atoms with Crippen LogP contribution >= 0.6 is 11.8 Å². The minimum Gasteiger partial charge on any atom is -0.327 e. The highest BCUT2D eigenvalue weighted by atomic mass is 32.2. The predicted octanol–water partition coefficient (Wildman–Crippen LogP) is 3.93. The van der Waals surface area contributed by atoms with Crippen molar-refractivity contribution >= 4 is 51.1 Å². The Morgan fingerprint density at radius 3 is 2.63 bits per heavy atom. The van der Waals surface area contributed by atoms with Crippen LogP contribution in [0.1, 0.15) is 13.3 Å². The molecule has 0 saturated carbocycles. The predicted molar refractivity (Wildman–Crippen MR) is 115 cm³/mol. The van der Waals surface area contributed by atoms with Crippen molar-refractivity contribution < 1.29 is 9.72 Å². The highest BCUT2D eigenvalue weighted by Crippen LogP contribution is 2.28.